The molecule has 0 N–H and O–H groups in total. The Morgan fingerprint density at radius 2 is 1.79 bits per heavy atom. The Morgan fingerprint density at radius 1 is 1.06 bits per heavy atom. The van der Waals surface area contributed by atoms with Gasteiger partial charge in [0.25, 0.3) is 0 Å². The lowest BCUT2D eigenvalue weighted by Gasteiger charge is -2.31. The third-order valence-corrected chi connectivity index (χ3v) is 7.53. The zero-order valence-corrected chi connectivity index (χ0v) is 22.3. The van der Waals surface area contributed by atoms with E-state index < -0.39 is 5.79 Å². The molecule has 1 saturated heterocycles. The number of unbranched alkanes of at least 4 members (excludes halogenated alkanes) is 5. The van der Waals surface area contributed by atoms with Crippen molar-refractivity contribution >= 4 is 11.8 Å². The number of esters is 1. The highest BCUT2D eigenvalue weighted by atomic mass is 16.7. The van der Waals surface area contributed by atoms with Crippen molar-refractivity contribution in [3.63, 3.8) is 0 Å². The molecule has 1 saturated carbocycles. The Morgan fingerprint density at radius 3 is 2.47 bits per heavy atom. The summed E-state index contributed by atoms with van der Waals surface area (Å²) in [5.74, 6) is 0.851. The molecule has 0 unspecified atom stereocenters. The number of allylic oxidation sites excluding steroid dienone is 2. The van der Waals surface area contributed by atoms with E-state index in [-0.39, 0.29) is 18.0 Å². The lowest BCUT2D eigenvalue weighted by molar-refractivity contribution is -0.171. The van der Waals surface area contributed by atoms with Crippen LogP contribution in [0.15, 0.2) is 12.2 Å². The Balaban J connectivity index is 1.83. The molecule has 0 amide bonds. The van der Waals surface area contributed by atoms with Crippen molar-refractivity contribution < 1.29 is 23.8 Å². The number of Topliss-reactive ketones (excluding diaryl/α,β-unsaturated/α-hetero) is 1. The van der Waals surface area contributed by atoms with E-state index in [4.69, 9.17) is 14.2 Å². The van der Waals surface area contributed by atoms with Crippen LogP contribution >= 0.6 is 0 Å². The summed E-state index contributed by atoms with van der Waals surface area (Å²) < 4.78 is 17.5. The summed E-state index contributed by atoms with van der Waals surface area (Å²) in [6.45, 7) is 9.57. The molecule has 3 atom stereocenters. The van der Waals surface area contributed by atoms with Gasteiger partial charge in [0, 0.05) is 31.6 Å². The number of carbonyl (C=O) groups is 2. The van der Waals surface area contributed by atoms with Crippen LogP contribution in [0.4, 0.5) is 0 Å². The van der Waals surface area contributed by atoms with Crippen molar-refractivity contribution in [3.05, 3.63) is 12.2 Å². The second kappa shape index (κ2) is 15.7. The van der Waals surface area contributed by atoms with Crippen molar-refractivity contribution in [3.8, 4) is 0 Å². The minimum absolute atomic E-state index is 0.0555. The maximum atomic E-state index is 12.9. The molecule has 0 bridgehead atoms. The summed E-state index contributed by atoms with van der Waals surface area (Å²) in [6, 6.07) is 0. The van der Waals surface area contributed by atoms with Gasteiger partial charge in [-0.2, -0.15) is 0 Å². The summed E-state index contributed by atoms with van der Waals surface area (Å²) in [6.07, 6.45) is 18.0. The molecule has 2 fully saturated rings. The molecular formula is C29H50O5. The monoisotopic (exact) mass is 478 g/mol. The first-order chi connectivity index (χ1) is 16.4. The van der Waals surface area contributed by atoms with Crippen LogP contribution < -0.4 is 0 Å². The molecule has 1 aliphatic carbocycles. The highest BCUT2D eigenvalue weighted by molar-refractivity contribution is 5.84. The Bertz CT molecular complexity index is 620. The summed E-state index contributed by atoms with van der Waals surface area (Å²) in [5, 5.41) is 0. The fourth-order valence-corrected chi connectivity index (χ4v) is 5.66. The fourth-order valence-electron chi connectivity index (χ4n) is 5.66. The summed E-state index contributed by atoms with van der Waals surface area (Å²) >= 11 is 0. The summed E-state index contributed by atoms with van der Waals surface area (Å²) in [4.78, 5) is 24.5. The molecular weight excluding hydrogens is 428 g/mol. The number of carbonyl (C=O) groups excluding carboxylic acids is 2. The number of ketones is 1. The number of rotatable bonds is 17. The van der Waals surface area contributed by atoms with E-state index in [0.717, 1.165) is 51.4 Å². The third kappa shape index (κ3) is 9.81. The maximum absolute atomic E-state index is 12.9. The highest BCUT2D eigenvalue weighted by Crippen LogP contribution is 2.44. The minimum Gasteiger partial charge on any atom is -0.463 e. The predicted molar refractivity (Wildman–Crippen MR) is 136 cm³/mol. The molecule has 0 radical (unpaired) electrons. The average molecular weight is 479 g/mol. The number of ether oxygens (including phenoxy) is 3. The first kappa shape index (κ1) is 29.0. The van der Waals surface area contributed by atoms with Gasteiger partial charge in [0.15, 0.2) is 5.79 Å². The molecule has 2 rings (SSSR count). The van der Waals surface area contributed by atoms with E-state index in [1.54, 1.807) is 0 Å². The summed E-state index contributed by atoms with van der Waals surface area (Å²) in [7, 11) is 0. The van der Waals surface area contributed by atoms with Gasteiger partial charge in [0.1, 0.15) is 5.78 Å². The molecule has 196 valence electrons. The fraction of sp³-hybridized carbons (Fsp3) is 0.862. The number of hydrogen-bond acceptors (Lipinski definition) is 5. The lowest BCUT2D eigenvalue weighted by Crippen LogP contribution is -2.32. The van der Waals surface area contributed by atoms with Crippen LogP contribution in [0.25, 0.3) is 0 Å². The van der Waals surface area contributed by atoms with Crippen molar-refractivity contribution in [2.24, 2.45) is 17.8 Å². The maximum Gasteiger partial charge on any atom is 0.306 e. The van der Waals surface area contributed by atoms with E-state index in [1.807, 2.05) is 13.8 Å². The normalized spacial score (nSPS) is 24.5. The van der Waals surface area contributed by atoms with Gasteiger partial charge in [-0.05, 0) is 57.8 Å². The van der Waals surface area contributed by atoms with Gasteiger partial charge in [0.05, 0.1) is 19.3 Å². The van der Waals surface area contributed by atoms with Gasteiger partial charge in [0.2, 0.25) is 0 Å². The predicted octanol–water partition coefficient (Wildman–Crippen LogP) is 7.17. The van der Waals surface area contributed by atoms with Crippen LogP contribution in [0.3, 0.4) is 0 Å². The van der Waals surface area contributed by atoms with E-state index in [1.165, 1.54) is 25.7 Å². The van der Waals surface area contributed by atoms with Gasteiger partial charge >= 0.3 is 5.97 Å². The van der Waals surface area contributed by atoms with Gasteiger partial charge in [-0.25, -0.2) is 0 Å². The molecule has 1 heterocycles. The van der Waals surface area contributed by atoms with Crippen LogP contribution in [0.2, 0.25) is 0 Å². The van der Waals surface area contributed by atoms with Gasteiger partial charge in [-0.1, -0.05) is 58.1 Å². The van der Waals surface area contributed by atoms with Crippen molar-refractivity contribution in [2.75, 3.05) is 13.2 Å². The van der Waals surface area contributed by atoms with Crippen LogP contribution in [0.1, 0.15) is 118 Å². The smallest absolute Gasteiger partial charge is 0.306 e. The lowest BCUT2D eigenvalue weighted by atomic mass is 9.81. The van der Waals surface area contributed by atoms with Crippen molar-refractivity contribution in [2.45, 2.75) is 129 Å². The summed E-state index contributed by atoms with van der Waals surface area (Å²) in [5.41, 5.74) is 0. The zero-order chi connectivity index (χ0) is 24.8. The zero-order valence-electron chi connectivity index (χ0n) is 22.3. The molecule has 2 aliphatic rings. The SMILES string of the molecule is CCCCCCCC1(CC[C@H]2[C@H](CC)CC(=O)[C@@H]2CC=CCCCC(=O)OC(C)C)OCCO1. The van der Waals surface area contributed by atoms with Gasteiger partial charge in [-0.15, -0.1) is 0 Å². The van der Waals surface area contributed by atoms with E-state index in [0.29, 0.717) is 43.7 Å². The average Bonchev–Trinajstić information content (AvgIpc) is 3.38. The van der Waals surface area contributed by atoms with E-state index in [9.17, 15) is 9.59 Å². The molecule has 0 aromatic heterocycles. The Labute approximate surface area is 208 Å². The first-order valence-corrected chi connectivity index (χ1v) is 14.1. The first-order valence-electron chi connectivity index (χ1n) is 14.1. The van der Waals surface area contributed by atoms with Crippen LogP contribution in [0.5, 0.6) is 0 Å². The molecule has 1 aliphatic heterocycles. The van der Waals surface area contributed by atoms with Crippen LogP contribution in [-0.4, -0.2) is 36.9 Å². The largest absolute Gasteiger partial charge is 0.463 e. The molecule has 0 spiro atoms. The standard InChI is InChI=1S/C29H50O5/c1-5-7-8-11-14-18-29(32-20-21-33-29)19-17-25-24(6-2)22-27(30)26(25)15-12-9-10-13-16-28(31)34-23(3)4/h9,12,23-26H,5-8,10-11,13-22H2,1-4H3/t24-,25+,26-/m1/s1. The number of hydrogen-bond donors (Lipinski definition) is 0. The second-order valence-corrected chi connectivity index (χ2v) is 10.6. The molecule has 34 heavy (non-hydrogen) atoms. The van der Waals surface area contributed by atoms with Crippen molar-refractivity contribution in [1.29, 1.82) is 0 Å². The molecule has 5 heteroatoms. The molecule has 0 aromatic carbocycles. The Hall–Kier alpha value is -1.20. The highest BCUT2D eigenvalue weighted by Gasteiger charge is 2.43. The molecule has 5 nitrogen and oxygen atoms in total. The minimum atomic E-state index is -0.429. The second-order valence-electron chi connectivity index (χ2n) is 10.6. The van der Waals surface area contributed by atoms with E-state index in [2.05, 4.69) is 26.0 Å². The quantitative estimate of drug-likeness (QED) is 0.126. The topological polar surface area (TPSA) is 61.8 Å². The van der Waals surface area contributed by atoms with Crippen LogP contribution in [-0.2, 0) is 23.8 Å². The Kier molecular flexibility index (Phi) is 13.4. The third-order valence-electron chi connectivity index (χ3n) is 7.53. The van der Waals surface area contributed by atoms with Gasteiger partial charge < -0.3 is 14.2 Å². The van der Waals surface area contributed by atoms with Crippen LogP contribution in [0, 0.1) is 17.8 Å². The molecule has 0 aromatic rings. The van der Waals surface area contributed by atoms with Crippen molar-refractivity contribution in [1.82, 2.24) is 0 Å². The van der Waals surface area contributed by atoms with E-state index >= 15 is 0 Å². The van der Waals surface area contributed by atoms with Gasteiger partial charge in [-0.3, -0.25) is 9.59 Å².